The molecule has 0 aromatic carbocycles. The quantitative estimate of drug-likeness (QED) is 0.699. The summed E-state index contributed by atoms with van der Waals surface area (Å²) in [4.78, 5) is 10.9. The van der Waals surface area contributed by atoms with Gasteiger partial charge in [-0.1, -0.05) is 0 Å². The first-order valence-electron chi connectivity index (χ1n) is 5.32. The second-order valence-corrected chi connectivity index (χ2v) is 4.34. The van der Waals surface area contributed by atoms with E-state index in [0.717, 1.165) is 0 Å². The highest BCUT2D eigenvalue weighted by atomic mass is 16.4. The Morgan fingerprint density at radius 1 is 1.50 bits per heavy atom. The lowest BCUT2D eigenvalue weighted by Crippen LogP contribution is -2.37. The van der Waals surface area contributed by atoms with Crippen LogP contribution in [0.4, 0.5) is 0 Å². The molecule has 0 unspecified atom stereocenters. The summed E-state index contributed by atoms with van der Waals surface area (Å²) in [5, 5.41) is 19.3. The lowest BCUT2D eigenvalue weighted by Gasteiger charge is -2.33. The van der Waals surface area contributed by atoms with Crippen molar-refractivity contribution in [3.63, 3.8) is 0 Å². The van der Waals surface area contributed by atoms with Gasteiger partial charge < -0.3 is 20.4 Å². The van der Waals surface area contributed by atoms with E-state index < -0.39 is 11.6 Å². The summed E-state index contributed by atoms with van der Waals surface area (Å²) in [6.07, 6.45) is 3.54. The van der Waals surface area contributed by atoms with Crippen molar-refractivity contribution >= 4 is 5.97 Å². The Kier molecular flexibility index (Phi) is 2.73. The molecule has 2 rings (SSSR count). The van der Waals surface area contributed by atoms with Crippen LogP contribution in [-0.2, 0) is 5.60 Å². The number of furan rings is 1. The van der Waals surface area contributed by atoms with Crippen LogP contribution >= 0.6 is 0 Å². The summed E-state index contributed by atoms with van der Waals surface area (Å²) in [6, 6.07) is 1.45. The zero-order valence-corrected chi connectivity index (χ0v) is 8.85. The Morgan fingerprint density at radius 2 is 2.12 bits per heavy atom. The normalized spacial score (nSPS) is 30.2. The van der Waals surface area contributed by atoms with Crippen molar-refractivity contribution in [1.82, 2.24) is 0 Å². The summed E-state index contributed by atoms with van der Waals surface area (Å²) in [7, 11) is 0. The number of rotatable bonds is 2. The van der Waals surface area contributed by atoms with Gasteiger partial charge in [-0.15, -0.1) is 0 Å². The molecule has 0 aliphatic heterocycles. The first-order valence-corrected chi connectivity index (χ1v) is 5.32. The fraction of sp³-hybridized carbons (Fsp3) is 0.545. The van der Waals surface area contributed by atoms with Crippen LogP contribution in [0.25, 0.3) is 0 Å². The van der Waals surface area contributed by atoms with Gasteiger partial charge in [0, 0.05) is 6.04 Å². The van der Waals surface area contributed by atoms with E-state index in [1.165, 1.54) is 12.3 Å². The maximum atomic E-state index is 10.9. The summed E-state index contributed by atoms with van der Waals surface area (Å²) in [5.41, 5.74) is 4.62. The van der Waals surface area contributed by atoms with Crippen molar-refractivity contribution in [1.29, 1.82) is 0 Å². The molecule has 1 heterocycles. The molecule has 1 aliphatic carbocycles. The number of hydrogen-bond donors (Lipinski definition) is 3. The molecule has 0 radical (unpaired) electrons. The molecule has 1 aromatic rings. The van der Waals surface area contributed by atoms with Gasteiger partial charge in [-0.25, -0.2) is 4.79 Å². The summed E-state index contributed by atoms with van der Waals surface area (Å²) in [6.45, 7) is 0. The average molecular weight is 225 g/mol. The summed E-state index contributed by atoms with van der Waals surface area (Å²) < 4.78 is 5.13. The number of carboxylic acid groups (broad SMARTS) is 1. The van der Waals surface area contributed by atoms with Crippen LogP contribution < -0.4 is 5.73 Å². The number of carboxylic acids is 1. The molecule has 0 saturated heterocycles. The molecular formula is C11H15NO4. The zero-order chi connectivity index (χ0) is 11.8. The molecule has 5 heteroatoms. The molecule has 5 nitrogen and oxygen atoms in total. The Labute approximate surface area is 92.9 Å². The number of nitrogens with two attached hydrogens (primary N) is 1. The van der Waals surface area contributed by atoms with E-state index in [1.54, 1.807) is 0 Å². The number of aliphatic hydroxyl groups is 1. The van der Waals surface area contributed by atoms with Crippen molar-refractivity contribution in [2.24, 2.45) is 5.73 Å². The Balaban J connectivity index is 2.29. The fourth-order valence-electron chi connectivity index (χ4n) is 2.18. The van der Waals surface area contributed by atoms with Gasteiger partial charge in [0.2, 0.25) is 0 Å². The van der Waals surface area contributed by atoms with E-state index in [2.05, 4.69) is 0 Å². The van der Waals surface area contributed by atoms with Crippen LogP contribution in [0.15, 0.2) is 16.7 Å². The van der Waals surface area contributed by atoms with Gasteiger partial charge in [-0.2, -0.15) is 0 Å². The summed E-state index contributed by atoms with van der Waals surface area (Å²) in [5.74, 6) is -0.918. The number of hydrogen-bond acceptors (Lipinski definition) is 4. The van der Waals surface area contributed by atoms with Crippen molar-refractivity contribution in [2.75, 3.05) is 0 Å². The first kappa shape index (κ1) is 11.2. The molecule has 1 aromatic heterocycles. The maximum absolute atomic E-state index is 10.9. The minimum Gasteiger partial charge on any atom is -0.478 e. The van der Waals surface area contributed by atoms with Crippen LogP contribution in [-0.4, -0.2) is 22.2 Å². The van der Waals surface area contributed by atoms with Crippen molar-refractivity contribution < 1.29 is 19.4 Å². The highest BCUT2D eigenvalue weighted by Crippen LogP contribution is 2.38. The largest absolute Gasteiger partial charge is 0.478 e. The van der Waals surface area contributed by atoms with Crippen LogP contribution in [0, 0.1) is 0 Å². The molecule has 0 bridgehead atoms. The third kappa shape index (κ3) is 1.83. The molecule has 0 spiro atoms. The molecule has 88 valence electrons. The third-order valence-electron chi connectivity index (χ3n) is 3.18. The van der Waals surface area contributed by atoms with Gasteiger partial charge >= 0.3 is 5.97 Å². The fourth-order valence-corrected chi connectivity index (χ4v) is 2.18. The van der Waals surface area contributed by atoms with E-state index in [4.69, 9.17) is 15.3 Å². The third-order valence-corrected chi connectivity index (χ3v) is 3.18. The van der Waals surface area contributed by atoms with Crippen LogP contribution in [0.1, 0.15) is 41.8 Å². The van der Waals surface area contributed by atoms with E-state index in [0.29, 0.717) is 25.7 Å². The van der Waals surface area contributed by atoms with Gasteiger partial charge in [0.05, 0.1) is 6.26 Å². The molecular weight excluding hydrogens is 210 g/mol. The molecule has 4 N–H and O–H groups in total. The van der Waals surface area contributed by atoms with Gasteiger partial charge in [-0.05, 0) is 31.7 Å². The van der Waals surface area contributed by atoms with E-state index >= 15 is 0 Å². The molecule has 1 fully saturated rings. The van der Waals surface area contributed by atoms with Crippen molar-refractivity contribution in [2.45, 2.75) is 37.3 Å². The van der Waals surface area contributed by atoms with Crippen LogP contribution in [0.2, 0.25) is 0 Å². The average Bonchev–Trinajstić information content (AvgIpc) is 2.72. The predicted octanol–water partition coefficient (Wildman–Crippen LogP) is 1.07. The van der Waals surface area contributed by atoms with Crippen molar-refractivity contribution in [3.8, 4) is 0 Å². The second kappa shape index (κ2) is 3.92. The number of aromatic carboxylic acids is 1. The first-order chi connectivity index (χ1) is 7.53. The lowest BCUT2D eigenvalue weighted by atomic mass is 9.80. The Morgan fingerprint density at radius 3 is 2.69 bits per heavy atom. The van der Waals surface area contributed by atoms with Gasteiger partial charge in [0.15, 0.2) is 0 Å². The highest BCUT2D eigenvalue weighted by Gasteiger charge is 2.39. The molecule has 1 aliphatic rings. The second-order valence-electron chi connectivity index (χ2n) is 4.34. The number of carbonyl (C=O) groups is 1. The standard InChI is InChI=1S/C11H15NO4/c12-7-1-4-11(15,5-2-7)9-8(10(13)14)3-6-16-9/h3,6-7,15H,1-2,4-5,12H2,(H,13,14). The molecule has 0 atom stereocenters. The van der Waals surface area contributed by atoms with Gasteiger partial charge in [-0.3, -0.25) is 0 Å². The lowest BCUT2D eigenvalue weighted by molar-refractivity contribution is -0.0249. The smallest absolute Gasteiger partial charge is 0.339 e. The van der Waals surface area contributed by atoms with E-state index in [1.807, 2.05) is 0 Å². The predicted molar refractivity (Wildman–Crippen MR) is 56.0 cm³/mol. The topological polar surface area (TPSA) is 96.7 Å². The van der Waals surface area contributed by atoms with Gasteiger partial charge in [0.25, 0.3) is 0 Å². The SMILES string of the molecule is NC1CCC(O)(c2occc2C(=O)O)CC1. The minimum atomic E-state index is -1.17. The highest BCUT2D eigenvalue weighted by molar-refractivity contribution is 5.89. The Bertz CT molecular complexity index is 390. The van der Waals surface area contributed by atoms with Crippen LogP contribution in [0.5, 0.6) is 0 Å². The molecule has 16 heavy (non-hydrogen) atoms. The van der Waals surface area contributed by atoms with Crippen LogP contribution in [0.3, 0.4) is 0 Å². The molecule has 1 saturated carbocycles. The van der Waals surface area contributed by atoms with E-state index in [-0.39, 0.29) is 17.4 Å². The Hall–Kier alpha value is -1.33. The van der Waals surface area contributed by atoms with Crippen molar-refractivity contribution in [3.05, 3.63) is 23.7 Å². The minimum absolute atomic E-state index is 0.0398. The summed E-state index contributed by atoms with van der Waals surface area (Å²) >= 11 is 0. The zero-order valence-electron chi connectivity index (χ0n) is 8.85. The van der Waals surface area contributed by atoms with Gasteiger partial charge in [0.1, 0.15) is 16.9 Å². The maximum Gasteiger partial charge on any atom is 0.339 e. The van der Waals surface area contributed by atoms with E-state index in [9.17, 15) is 9.90 Å². The monoisotopic (exact) mass is 225 g/mol. The molecule has 0 amide bonds.